The lowest BCUT2D eigenvalue weighted by Gasteiger charge is -2.25. The third-order valence-corrected chi connectivity index (χ3v) is 4.49. The van der Waals surface area contributed by atoms with Crippen LogP contribution in [0.3, 0.4) is 0 Å². The molecule has 124 valence electrons. The number of guanidine groups is 1. The van der Waals surface area contributed by atoms with Gasteiger partial charge in [0.1, 0.15) is 9.82 Å². The standard InChI is InChI=1S/C13H11N5O5S/c1-17-10-4-2-3-5-11(10)24(21,22)16-13(17)15-14-8-9-6-7-12(23-9)18(19)20/h2-8H,1H3,(H,15,16)/b14-8-. The zero-order valence-electron chi connectivity index (χ0n) is 12.3. The van der Waals surface area contributed by atoms with Gasteiger partial charge in [0.2, 0.25) is 5.96 Å². The summed E-state index contributed by atoms with van der Waals surface area (Å²) in [6.45, 7) is 0. The number of benzene rings is 1. The average Bonchev–Trinajstić information content (AvgIpc) is 3.01. The third-order valence-electron chi connectivity index (χ3n) is 3.18. The molecule has 1 aromatic carbocycles. The maximum absolute atomic E-state index is 12.1. The Morgan fingerprint density at radius 2 is 2.08 bits per heavy atom. The summed E-state index contributed by atoms with van der Waals surface area (Å²) in [5.74, 6) is -0.289. The number of hydrogen-bond acceptors (Lipinski definition) is 8. The van der Waals surface area contributed by atoms with Crippen molar-refractivity contribution in [3.8, 4) is 0 Å². The zero-order valence-corrected chi connectivity index (χ0v) is 13.1. The number of hydrazone groups is 1. The van der Waals surface area contributed by atoms with E-state index in [0.29, 0.717) is 5.69 Å². The van der Waals surface area contributed by atoms with Crippen LogP contribution in [0.25, 0.3) is 0 Å². The maximum atomic E-state index is 12.1. The van der Waals surface area contributed by atoms with Crippen LogP contribution in [0, 0.1) is 10.1 Å². The molecule has 2 heterocycles. The van der Waals surface area contributed by atoms with Gasteiger partial charge in [-0.3, -0.25) is 10.1 Å². The van der Waals surface area contributed by atoms with E-state index in [1.54, 1.807) is 25.2 Å². The van der Waals surface area contributed by atoms with Crippen molar-refractivity contribution in [3.05, 3.63) is 52.3 Å². The number of nitro groups is 1. The number of fused-ring (bicyclic) bond motifs is 1. The van der Waals surface area contributed by atoms with Gasteiger partial charge in [-0.25, -0.2) is 5.43 Å². The Hall–Kier alpha value is -3.21. The van der Waals surface area contributed by atoms with Crippen molar-refractivity contribution in [3.63, 3.8) is 0 Å². The first-order valence-electron chi connectivity index (χ1n) is 6.59. The molecule has 1 N–H and O–H groups in total. The summed E-state index contributed by atoms with van der Waals surface area (Å²) in [6.07, 6.45) is 1.18. The van der Waals surface area contributed by atoms with Crippen LogP contribution >= 0.6 is 0 Å². The monoisotopic (exact) mass is 349 g/mol. The van der Waals surface area contributed by atoms with Gasteiger partial charge in [0, 0.05) is 7.05 Å². The number of rotatable bonds is 3. The minimum Gasteiger partial charge on any atom is -0.400 e. The summed E-state index contributed by atoms with van der Waals surface area (Å²) in [4.78, 5) is 11.5. The lowest BCUT2D eigenvalue weighted by atomic mass is 10.3. The summed E-state index contributed by atoms with van der Waals surface area (Å²) in [5, 5.41) is 14.3. The van der Waals surface area contributed by atoms with E-state index in [1.165, 1.54) is 29.3 Å². The SMILES string of the molecule is CN1C(N/N=C\c2ccc([N+](=O)[O-])o2)=NS(=O)(=O)c2ccccc21. The Balaban J connectivity index is 1.81. The van der Waals surface area contributed by atoms with Gasteiger partial charge in [-0.15, -0.1) is 4.40 Å². The van der Waals surface area contributed by atoms with E-state index in [0.717, 1.165) is 0 Å². The van der Waals surface area contributed by atoms with Gasteiger partial charge in [0.15, 0.2) is 5.76 Å². The number of nitrogens with one attached hydrogen (secondary N) is 1. The highest BCUT2D eigenvalue weighted by atomic mass is 32.2. The summed E-state index contributed by atoms with van der Waals surface area (Å²) in [7, 11) is -2.20. The largest absolute Gasteiger partial charge is 0.433 e. The summed E-state index contributed by atoms with van der Waals surface area (Å²) in [5.41, 5.74) is 2.95. The van der Waals surface area contributed by atoms with E-state index in [-0.39, 0.29) is 16.6 Å². The van der Waals surface area contributed by atoms with Gasteiger partial charge >= 0.3 is 5.88 Å². The van der Waals surface area contributed by atoms with Gasteiger partial charge in [-0.1, -0.05) is 12.1 Å². The first kappa shape index (κ1) is 15.7. The predicted octanol–water partition coefficient (Wildman–Crippen LogP) is 1.31. The molecule has 24 heavy (non-hydrogen) atoms. The van der Waals surface area contributed by atoms with Crippen molar-refractivity contribution in [1.29, 1.82) is 0 Å². The summed E-state index contributed by atoms with van der Waals surface area (Å²) >= 11 is 0. The highest BCUT2D eigenvalue weighted by Gasteiger charge is 2.28. The molecule has 11 heteroatoms. The minimum absolute atomic E-state index is 0.00833. The van der Waals surface area contributed by atoms with Crippen molar-refractivity contribution >= 4 is 33.8 Å². The molecule has 2 aromatic rings. The average molecular weight is 349 g/mol. The Morgan fingerprint density at radius 1 is 1.33 bits per heavy atom. The number of furan rings is 1. The minimum atomic E-state index is -3.83. The Kier molecular flexibility index (Phi) is 3.77. The molecular weight excluding hydrogens is 338 g/mol. The molecular formula is C13H11N5O5S. The van der Waals surface area contributed by atoms with Gasteiger partial charge in [-0.05, 0) is 18.2 Å². The first-order valence-corrected chi connectivity index (χ1v) is 8.03. The van der Waals surface area contributed by atoms with Crippen LogP contribution in [0.2, 0.25) is 0 Å². The number of sulfonamides is 1. The van der Waals surface area contributed by atoms with Gasteiger partial charge < -0.3 is 9.32 Å². The van der Waals surface area contributed by atoms with Crippen LogP contribution < -0.4 is 10.3 Å². The number of nitrogens with zero attached hydrogens (tertiary/aromatic N) is 4. The second-order valence-electron chi connectivity index (χ2n) is 4.72. The van der Waals surface area contributed by atoms with Gasteiger partial charge in [0.05, 0.1) is 18.0 Å². The molecule has 0 unspecified atom stereocenters. The summed E-state index contributed by atoms with van der Waals surface area (Å²) < 4.78 is 32.8. The van der Waals surface area contributed by atoms with Gasteiger partial charge in [0.25, 0.3) is 10.0 Å². The molecule has 0 radical (unpaired) electrons. The fourth-order valence-corrected chi connectivity index (χ4v) is 3.26. The molecule has 1 aliphatic rings. The van der Waals surface area contributed by atoms with Crippen LogP contribution in [0.15, 0.2) is 55.2 Å². The normalized spacial score (nSPS) is 15.9. The van der Waals surface area contributed by atoms with Crippen LogP contribution in [0.4, 0.5) is 11.6 Å². The van der Waals surface area contributed by atoms with E-state index in [9.17, 15) is 18.5 Å². The molecule has 1 aliphatic heterocycles. The first-order chi connectivity index (χ1) is 11.4. The molecule has 1 aromatic heterocycles. The topological polar surface area (TPSA) is 130 Å². The Labute approximate surface area is 136 Å². The van der Waals surface area contributed by atoms with Crippen LogP contribution in [-0.2, 0) is 10.0 Å². The van der Waals surface area contributed by atoms with Crippen molar-refractivity contribution < 1.29 is 17.8 Å². The molecule has 3 rings (SSSR count). The molecule has 0 fully saturated rings. The molecule has 0 aliphatic carbocycles. The van der Waals surface area contributed by atoms with Gasteiger partial charge in [-0.2, -0.15) is 13.5 Å². The molecule has 0 amide bonds. The third kappa shape index (κ3) is 2.84. The fourth-order valence-electron chi connectivity index (χ4n) is 2.05. The van der Waals surface area contributed by atoms with Crippen LogP contribution in [0.5, 0.6) is 0 Å². The summed E-state index contributed by atoms with van der Waals surface area (Å²) in [6, 6.07) is 8.97. The second-order valence-corrected chi connectivity index (χ2v) is 6.29. The fraction of sp³-hybridized carbons (Fsp3) is 0.0769. The van der Waals surface area contributed by atoms with Crippen molar-refractivity contribution in [2.24, 2.45) is 9.50 Å². The molecule has 0 spiro atoms. The van der Waals surface area contributed by atoms with E-state index in [4.69, 9.17) is 4.42 Å². The lowest BCUT2D eigenvalue weighted by Crippen LogP contribution is -2.40. The maximum Gasteiger partial charge on any atom is 0.433 e. The van der Waals surface area contributed by atoms with Crippen molar-refractivity contribution in [2.45, 2.75) is 4.90 Å². The highest BCUT2D eigenvalue weighted by molar-refractivity contribution is 7.90. The van der Waals surface area contributed by atoms with E-state index in [2.05, 4.69) is 14.9 Å². The number of para-hydroxylation sites is 1. The molecule has 0 atom stereocenters. The Bertz CT molecular complexity index is 963. The Morgan fingerprint density at radius 3 is 2.79 bits per heavy atom. The van der Waals surface area contributed by atoms with Crippen molar-refractivity contribution in [2.75, 3.05) is 11.9 Å². The number of hydrogen-bond donors (Lipinski definition) is 1. The molecule has 0 saturated carbocycles. The highest BCUT2D eigenvalue weighted by Crippen LogP contribution is 2.29. The van der Waals surface area contributed by atoms with Crippen LogP contribution in [0.1, 0.15) is 5.76 Å². The quantitative estimate of drug-likeness (QED) is 0.502. The van der Waals surface area contributed by atoms with E-state index >= 15 is 0 Å². The second kappa shape index (κ2) is 5.77. The smallest absolute Gasteiger partial charge is 0.400 e. The molecule has 10 nitrogen and oxygen atoms in total. The molecule has 0 saturated heterocycles. The van der Waals surface area contributed by atoms with Crippen molar-refractivity contribution in [1.82, 2.24) is 5.43 Å². The van der Waals surface area contributed by atoms with E-state index < -0.39 is 20.8 Å². The van der Waals surface area contributed by atoms with E-state index in [1.807, 2.05) is 0 Å². The number of anilines is 1. The predicted molar refractivity (Wildman–Crippen MR) is 85.6 cm³/mol. The molecule has 0 bridgehead atoms. The van der Waals surface area contributed by atoms with Crippen LogP contribution in [-0.4, -0.2) is 32.6 Å². The zero-order chi connectivity index (χ0) is 17.3. The lowest BCUT2D eigenvalue weighted by molar-refractivity contribution is -0.402.